The highest BCUT2D eigenvalue weighted by molar-refractivity contribution is 5.15. The van der Waals surface area contributed by atoms with Gasteiger partial charge in [0.1, 0.15) is 0 Å². The van der Waals surface area contributed by atoms with Gasteiger partial charge in [0.05, 0.1) is 6.10 Å². The van der Waals surface area contributed by atoms with Crippen molar-refractivity contribution in [2.45, 2.75) is 45.6 Å². The van der Waals surface area contributed by atoms with Crippen LogP contribution >= 0.6 is 0 Å². The molecule has 0 aliphatic rings. The van der Waals surface area contributed by atoms with Gasteiger partial charge in [0.2, 0.25) is 0 Å². The van der Waals surface area contributed by atoms with Crippen LogP contribution in [0.4, 0.5) is 0 Å². The first-order valence-corrected chi connectivity index (χ1v) is 6.12. The molecule has 0 aliphatic carbocycles. The van der Waals surface area contributed by atoms with Crippen molar-refractivity contribution in [3.8, 4) is 0 Å². The Morgan fingerprint density at radius 2 is 2.00 bits per heavy atom. The number of allylic oxidation sites excluding steroid dienone is 1. The van der Waals surface area contributed by atoms with E-state index < -0.39 is 0 Å². The SMILES string of the molecule is CCC/C=C(\C)[C@H](O)CCc1ccccc1. The first kappa shape index (κ1) is 13.0. The van der Waals surface area contributed by atoms with Crippen molar-refractivity contribution in [2.24, 2.45) is 0 Å². The molecule has 0 radical (unpaired) electrons. The molecule has 16 heavy (non-hydrogen) atoms. The van der Waals surface area contributed by atoms with Gasteiger partial charge in [-0.15, -0.1) is 0 Å². The van der Waals surface area contributed by atoms with Gasteiger partial charge >= 0.3 is 0 Å². The molecule has 0 fully saturated rings. The van der Waals surface area contributed by atoms with Crippen molar-refractivity contribution in [2.75, 3.05) is 0 Å². The average Bonchev–Trinajstić information content (AvgIpc) is 2.34. The van der Waals surface area contributed by atoms with Gasteiger partial charge in [-0.2, -0.15) is 0 Å². The molecule has 1 rings (SSSR count). The smallest absolute Gasteiger partial charge is 0.0750 e. The van der Waals surface area contributed by atoms with Crippen LogP contribution in [0.15, 0.2) is 42.0 Å². The molecule has 0 unspecified atom stereocenters. The van der Waals surface area contributed by atoms with E-state index in [-0.39, 0.29) is 6.10 Å². The predicted molar refractivity (Wildman–Crippen MR) is 69.4 cm³/mol. The number of aliphatic hydroxyl groups is 1. The Morgan fingerprint density at radius 3 is 2.62 bits per heavy atom. The van der Waals surface area contributed by atoms with Gasteiger partial charge in [-0.05, 0) is 37.3 Å². The van der Waals surface area contributed by atoms with E-state index in [4.69, 9.17) is 0 Å². The zero-order valence-electron chi connectivity index (χ0n) is 10.3. The third-order valence-electron chi connectivity index (χ3n) is 2.83. The van der Waals surface area contributed by atoms with Crippen LogP contribution in [-0.4, -0.2) is 11.2 Å². The summed E-state index contributed by atoms with van der Waals surface area (Å²) in [5.74, 6) is 0. The quantitative estimate of drug-likeness (QED) is 0.721. The fourth-order valence-corrected chi connectivity index (χ4v) is 1.68. The van der Waals surface area contributed by atoms with E-state index >= 15 is 0 Å². The van der Waals surface area contributed by atoms with E-state index in [1.807, 2.05) is 25.1 Å². The molecule has 0 heterocycles. The summed E-state index contributed by atoms with van der Waals surface area (Å²) in [6.45, 7) is 4.17. The molecule has 1 atom stereocenters. The maximum absolute atomic E-state index is 9.94. The summed E-state index contributed by atoms with van der Waals surface area (Å²) in [6.07, 6.45) is 5.83. The minimum absolute atomic E-state index is 0.285. The van der Waals surface area contributed by atoms with E-state index in [2.05, 4.69) is 25.1 Å². The number of hydrogen-bond acceptors (Lipinski definition) is 1. The van der Waals surface area contributed by atoms with Crippen molar-refractivity contribution in [3.63, 3.8) is 0 Å². The molecule has 0 amide bonds. The average molecular weight is 218 g/mol. The molecule has 0 saturated carbocycles. The maximum Gasteiger partial charge on any atom is 0.0750 e. The van der Waals surface area contributed by atoms with Gasteiger partial charge in [0.25, 0.3) is 0 Å². The Balaban J connectivity index is 2.38. The normalized spacial score (nSPS) is 13.8. The number of aliphatic hydroxyl groups excluding tert-OH is 1. The lowest BCUT2D eigenvalue weighted by atomic mass is 10.0. The second-order valence-electron chi connectivity index (χ2n) is 4.28. The highest BCUT2D eigenvalue weighted by atomic mass is 16.3. The summed E-state index contributed by atoms with van der Waals surface area (Å²) < 4.78 is 0. The Bertz CT molecular complexity index is 313. The third-order valence-corrected chi connectivity index (χ3v) is 2.83. The first-order valence-electron chi connectivity index (χ1n) is 6.12. The van der Waals surface area contributed by atoms with Crippen LogP contribution in [0.25, 0.3) is 0 Å². The Kier molecular flexibility index (Phi) is 5.87. The van der Waals surface area contributed by atoms with Gasteiger partial charge in [-0.25, -0.2) is 0 Å². The van der Waals surface area contributed by atoms with Crippen molar-refractivity contribution >= 4 is 0 Å². The molecular weight excluding hydrogens is 196 g/mol. The Hall–Kier alpha value is -1.08. The van der Waals surface area contributed by atoms with Crippen molar-refractivity contribution in [3.05, 3.63) is 47.5 Å². The van der Waals surface area contributed by atoms with Gasteiger partial charge in [-0.1, -0.05) is 49.8 Å². The molecular formula is C15H22O. The zero-order chi connectivity index (χ0) is 11.8. The second kappa shape index (κ2) is 7.24. The lowest BCUT2D eigenvalue weighted by Crippen LogP contribution is -2.09. The van der Waals surface area contributed by atoms with Crippen molar-refractivity contribution in [1.82, 2.24) is 0 Å². The maximum atomic E-state index is 9.94. The lowest BCUT2D eigenvalue weighted by Gasteiger charge is -2.11. The van der Waals surface area contributed by atoms with E-state index in [0.29, 0.717) is 0 Å². The molecule has 0 aliphatic heterocycles. The summed E-state index contributed by atoms with van der Waals surface area (Å²) >= 11 is 0. The van der Waals surface area contributed by atoms with Crippen molar-refractivity contribution in [1.29, 1.82) is 0 Å². The van der Waals surface area contributed by atoms with Crippen LogP contribution < -0.4 is 0 Å². The van der Waals surface area contributed by atoms with E-state index in [1.54, 1.807) is 0 Å². The second-order valence-corrected chi connectivity index (χ2v) is 4.28. The molecule has 1 heteroatoms. The lowest BCUT2D eigenvalue weighted by molar-refractivity contribution is 0.200. The molecule has 1 aromatic rings. The number of rotatable bonds is 6. The fraction of sp³-hybridized carbons (Fsp3) is 0.467. The fourth-order valence-electron chi connectivity index (χ4n) is 1.68. The Labute approximate surface area is 98.8 Å². The van der Waals surface area contributed by atoms with Crippen LogP contribution in [0.1, 0.15) is 38.7 Å². The van der Waals surface area contributed by atoms with Crippen molar-refractivity contribution < 1.29 is 5.11 Å². The van der Waals surface area contributed by atoms with Gasteiger partial charge in [0.15, 0.2) is 0 Å². The van der Waals surface area contributed by atoms with Crippen LogP contribution in [0.2, 0.25) is 0 Å². The minimum Gasteiger partial charge on any atom is -0.389 e. The predicted octanol–water partition coefficient (Wildman–Crippen LogP) is 3.73. The van der Waals surface area contributed by atoms with Crippen LogP contribution in [0, 0.1) is 0 Å². The number of benzene rings is 1. The highest BCUT2D eigenvalue weighted by Crippen LogP contribution is 2.11. The largest absolute Gasteiger partial charge is 0.389 e. The summed E-state index contributed by atoms with van der Waals surface area (Å²) in [7, 11) is 0. The number of unbranched alkanes of at least 4 members (excludes halogenated alkanes) is 1. The zero-order valence-corrected chi connectivity index (χ0v) is 10.3. The molecule has 88 valence electrons. The molecule has 0 aromatic heterocycles. The number of aryl methyl sites for hydroxylation is 1. The summed E-state index contributed by atoms with van der Waals surface area (Å²) in [5, 5.41) is 9.94. The highest BCUT2D eigenvalue weighted by Gasteiger charge is 2.05. The molecule has 0 spiro atoms. The minimum atomic E-state index is -0.285. The van der Waals surface area contributed by atoms with Gasteiger partial charge in [0, 0.05) is 0 Å². The first-order chi connectivity index (χ1) is 7.74. The molecule has 0 saturated heterocycles. The van der Waals surface area contributed by atoms with E-state index in [1.165, 1.54) is 5.56 Å². The molecule has 1 aromatic carbocycles. The molecule has 1 N–H and O–H groups in total. The standard InChI is InChI=1S/C15H22O/c1-3-4-8-13(2)15(16)12-11-14-9-6-5-7-10-14/h5-10,15-16H,3-4,11-12H2,1-2H3/b13-8+/t15-/m1/s1. The van der Waals surface area contributed by atoms with Crippen LogP contribution in [0.5, 0.6) is 0 Å². The van der Waals surface area contributed by atoms with Crippen LogP contribution in [0.3, 0.4) is 0 Å². The molecule has 0 bridgehead atoms. The summed E-state index contributed by atoms with van der Waals surface area (Å²) in [5.41, 5.74) is 2.41. The Morgan fingerprint density at radius 1 is 1.31 bits per heavy atom. The van der Waals surface area contributed by atoms with Gasteiger partial charge < -0.3 is 5.11 Å². The summed E-state index contributed by atoms with van der Waals surface area (Å²) in [4.78, 5) is 0. The molecule has 1 nitrogen and oxygen atoms in total. The summed E-state index contributed by atoms with van der Waals surface area (Å²) in [6, 6.07) is 10.3. The van der Waals surface area contributed by atoms with E-state index in [9.17, 15) is 5.11 Å². The topological polar surface area (TPSA) is 20.2 Å². The number of hydrogen-bond donors (Lipinski definition) is 1. The van der Waals surface area contributed by atoms with Gasteiger partial charge in [-0.3, -0.25) is 0 Å². The monoisotopic (exact) mass is 218 g/mol. The third kappa shape index (κ3) is 4.63. The van der Waals surface area contributed by atoms with Crippen LogP contribution in [-0.2, 0) is 6.42 Å². The van der Waals surface area contributed by atoms with E-state index in [0.717, 1.165) is 31.3 Å².